The number of carbonyl (C=O) groups excluding carboxylic acids is 1. The summed E-state index contributed by atoms with van der Waals surface area (Å²) in [5.41, 5.74) is 3.87. The summed E-state index contributed by atoms with van der Waals surface area (Å²) in [7, 11) is 1.95. The molecule has 1 aliphatic heterocycles. The van der Waals surface area contributed by atoms with Crippen molar-refractivity contribution in [1.82, 2.24) is 4.90 Å². The van der Waals surface area contributed by atoms with Crippen LogP contribution in [0.1, 0.15) is 43.7 Å². The summed E-state index contributed by atoms with van der Waals surface area (Å²) in [5.74, 6) is 0. The molecule has 1 fully saturated rings. The summed E-state index contributed by atoms with van der Waals surface area (Å²) in [4.78, 5) is 12.9. The van der Waals surface area contributed by atoms with Gasteiger partial charge in [0.15, 0.2) is 0 Å². The summed E-state index contributed by atoms with van der Waals surface area (Å²) >= 11 is 0. The molecular weight excluding hydrogens is 260 g/mol. The van der Waals surface area contributed by atoms with Crippen molar-refractivity contribution >= 4 is 12.0 Å². The number of hydrogen-bond acceptors (Lipinski definition) is 3. The number of likely N-dealkylation sites (tertiary alicyclic amines) is 1. The van der Waals surface area contributed by atoms with Gasteiger partial charge >= 0.3 is 0 Å². The molecule has 1 atom stereocenters. The van der Waals surface area contributed by atoms with Crippen LogP contribution in [0.5, 0.6) is 0 Å². The molecule has 1 unspecified atom stereocenters. The first-order chi connectivity index (χ1) is 10.1. The van der Waals surface area contributed by atoms with Crippen molar-refractivity contribution in [3.63, 3.8) is 0 Å². The van der Waals surface area contributed by atoms with Crippen molar-refractivity contribution in [1.29, 1.82) is 0 Å². The topological polar surface area (TPSA) is 32.3 Å². The molecule has 1 aliphatic rings. The van der Waals surface area contributed by atoms with Crippen molar-refractivity contribution in [3.8, 4) is 0 Å². The molecule has 0 bridgehead atoms. The minimum absolute atomic E-state index is 0.226. The van der Waals surface area contributed by atoms with E-state index in [9.17, 15) is 4.79 Å². The maximum Gasteiger partial charge on any atom is 0.137 e. The van der Waals surface area contributed by atoms with Gasteiger partial charge < -0.3 is 10.1 Å². The highest BCUT2D eigenvalue weighted by molar-refractivity contribution is 5.57. The van der Waals surface area contributed by atoms with E-state index in [1.807, 2.05) is 7.05 Å². The average molecular weight is 290 g/mol. The van der Waals surface area contributed by atoms with Gasteiger partial charge in [-0.25, -0.2) is 0 Å². The smallest absolute Gasteiger partial charge is 0.137 e. The molecule has 1 aromatic rings. The highest BCUT2D eigenvalue weighted by Gasteiger charge is 2.19. The minimum atomic E-state index is 0.226. The number of aryl methyl sites for hydroxylation is 2. The zero-order valence-electron chi connectivity index (χ0n) is 14.0. The quantitative estimate of drug-likeness (QED) is 0.856. The van der Waals surface area contributed by atoms with Crippen LogP contribution in [0.4, 0.5) is 5.69 Å². The molecule has 0 aromatic heterocycles. The van der Waals surface area contributed by atoms with Gasteiger partial charge in [-0.2, -0.15) is 0 Å². The van der Waals surface area contributed by atoms with E-state index >= 15 is 0 Å². The fourth-order valence-corrected chi connectivity index (χ4v) is 2.94. The molecule has 3 heteroatoms. The van der Waals surface area contributed by atoms with Gasteiger partial charge in [-0.1, -0.05) is 31.5 Å². The van der Waals surface area contributed by atoms with Crippen LogP contribution in [-0.4, -0.2) is 37.4 Å². The number of rotatable bonds is 4. The van der Waals surface area contributed by atoms with Gasteiger partial charge in [-0.3, -0.25) is 4.90 Å². The van der Waals surface area contributed by atoms with Gasteiger partial charge in [-0.15, -0.1) is 0 Å². The van der Waals surface area contributed by atoms with Crippen molar-refractivity contribution in [2.45, 2.75) is 52.5 Å². The van der Waals surface area contributed by atoms with E-state index in [4.69, 9.17) is 0 Å². The van der Waals surface area contributed by atoms with E-state index in [-0.39, 0.29) is 6.04 Å². The van der Waals surface area contributed by atoms with E-state index < -0.39 is 0 Å². The summed E-state index contributed by atoms with van der Waals surface area (Å²) < 4.78 is 0. The van der Waals surface area contributed by atoms with Gasteiger partial charge in [0.1, 0.15) is 6.29 Å². The van der Waals surface area contributed by atoms with Gasteiger partial charge in [0, 0.05) is 12.7 Å². The lowest BCUT2D eigenvalue weighted by Gasteiger charge is -2.31. The van der Waals surface area contributed by atoms with Crippen LogP contribution in [0.25, 0.3) is 0 Å². The molecule has 0 radical (unpaired) electrons. The number of aldehydes is 1. The van der Waals surface area contributed by atoms with Gasteiger partial charge in [0.2, 0.25) is 0 Å². The van der Waals surface area contributed by atoms with E-state index in [1.165, 1.54) is 29.7 Å². The van der Waals surface area contributed by atoms with E-state index in [0.29, 0.717) is 0 Å². The fraction of sp³-hybridized carbons (Fsp3) is 0.611. The Bertz CT molecular complexity index is 409. The number of nitrogens with zero attached hydrogens (tertiary/aromatic N) is 1. The van der Waals surface area contributed by atoms with Crippen LogP contribution in [-0.2, 0) is 4.79 Å². The summed E-state index contributed by atoms with van der Waals surface area (Å²) in [6, 6.07) is 6.52. The Labute approximate surface area is 129 Å². The third-order valence-corrected chi connectivity index (χ3v) is 4.06. The standard InChI is InChI=1S/C9H17NO.C9H13N/c1-2-6-10-7-4-3-5-9(10)8-11;1-7-5-4-6-8(2)9(7)10-3/h8-9H,2-7H2,1H3;4-6,10H,1-3H3. The van der Waals surface area contributed by atoms with Crippen LogP contribution in [0.15, 0.2) is 18.2 Å². The molecule has 0 aliphatic carbocycles. The molecule has 21 heavy (non-hydrogen) atoms. The van der Waals surface area contributed by atoms with Crippen molar-refractivity contribution in [2.75, 3.05) is 25.5 Å². The fourth-order valence-electron chi connectivity index (χ4n) is 2.94. The largest absolute Gasteiger partial charge is 0.388 e. The molecule has 3 nitrogen and oxygen atoms in total. The Hall–Kier alpha value is -1.35. The number of nitrogens with one attached hydrogen (secondary N) is 1. The predicted molar refractivity (Wildman–Crippen MR) is 91.0 cm³/mol. The lowest BCUT2D eigenvalue weighted by Crippen LogP contribution is -2.40. The Kier molecular flexibility index (Phi) is 8.06. The van der Waals surface area contributed by atoms with E-state index in [1.54, 1.807) is 0 Å². The molecule has 1 saturated heterocycles. The molecule has 0 spiro atoms. The molecule has 1 heterocycles. The van der Waals surface area contributed by atoms with Gasteiger partial charge in [0.25, 0.3) is 0 Å². The van der Waals surface area contributed by atoms with Crippen molar-refractivity contribution in [2.24, 2.45) is 0 Å². The average Bonchev–Trinajstić information content (AvgIpc) is 2.49. The number of para-hydroxylation sites is 1. The Balaban J connectivity index is 0.000000211. The number of hydrogen-bond donors (Lipinski definition) is 1. The van der Waals surface area contributed by atoms with E-state index in [0.717, 1.165) is 32.2 Å². The first-order valence-electron chi connectivity index (χ1n) is 8.07. The van der Waals surface area contributed by atoms with Gasteiger partial charge in [-0.05, 0) is 57.3 Å². The third kappa shape index (κ3) is 5.50. The van der Waals surface area contributed by atoms with Crippen molar-refractivity contribution in [3.05, 3.63) is 29.3 Å². The molecule has 2 rings (SSSR count). The number of anilines is 1. The summed E-state index contributed by atoms with van der Waals surface area (Å²) in [6.07, 6.45) is 5.83. The van der Waals surface area contributed by atoms with Crippen LogP contribution in [0, 0.1) is 13.8 Å². The maximum absolute atomic E-state index is 10.6. The SMILES string of the molecule is CCCN1CCCCC1C=O.CNc1c(C)cccc1C. The zero-order valence-corrected chi connectivity index (χ0v) is 14.0. The van der Waals surface area contributed by atoms with Crippen LogP contribution in [0.3, 0.4) is 0 Å². The molecule has 0 saturated carbocycles. The number of benzene rings is 1. The molecule has 1 N–H and O–H groups in total. The van der Waals surface area contributed by atoms with Gasteiger partial charge in [0.05, 0.1) is 6.04 Å². The van der Waals surface area contributed by atoms with Crippen LogP contribution in [0.2, 0.25) is 0 Å². The van der Waals surface area contributed by atoms with Crippen LogP contribution < -0.4 is 5.32 Å². The molecule has 118 valence electrons. The monoisotopic (exact) mass is 290 g/mol. The first kappa shape index (κ1) is 17.7. The second-order valence-corrected chi connectivity index (χ2v) is 5.75. The lowest BCUT2D eigenvalue weighted by atomic mass is 10.0. The predicted octanol–water partition coefficient (Wildman–Crippen LogP) is 3.79. The molecule has 1 aromatic carbocycles. The highest BCUT2D eigenvalue weighted by atomic mass is 16.1. The first-order valence-corrected chi connectivity index (χ1v) is 8.07. The summed E-state index contributed by atoms with van der Waals surface area (Å²) in [5, 5.41) is 3.16. The second kappa shape index (κ2) is 9.56. The normalized spacial score (nSPS) is 18.6. The maximum atomic E-state index is 10.6. The summed E-state index contributed by atoms with van der Waals surface area (Å²) in [6.45, 7) is 8.59. The second-order valence-electron chi connectivity index (χ2n) is 5.75. The number of piperidine rings is 1. The minimum Gasteiger partial charge on any atom is -0.388 e. The lowest BCUT2D eigenvalue weighted by molar-refractivity contribution is -0.113. The molecule has 0 amide bonds. The van der Waals surface area contributed by atoms with Crippen molar-refractivity contribution < 1.29 is 4.79 Å². The van der Waals surface area contributed by atoms with E-state index in [2.05, 4.69) is 49.2 Å². The number of carbonyl (C=O) groups is 1. The Morgan fingerprint density at radius 2 is 1.95 bits per heavy atom. The Morgan fingerprint density at radius 1 is 1.29 bits per heavy atom. The molecular formula is C18H30N2O. The highest BCUT2D eigenvalue weighted by Crippen LogP contribution is 2.17. The zero-order chi connectivity index (χ0) is 15.7. The third-order valence-electron chi connectivity index (χ3n) is 4.06. The van der Waals surface area contributed by atoms with Crippen LogP contribution >= 0.6 is 0 Å². The Morgan fingerprint density at radius 3 is 2.43 bits per heavy atom.